The Kier molecular flexibility index (Phi) is 3.10. The molecule has 0 aliphatic carbocycles. The van der Waals surface area contributed by atoms with E-state index < -0.39 is 5.82 Å². The van der Waals surface area contributed by atoms with E-state index in [4.69, 9.17) is 21.6 Å². The lowest BCUT2D eigenvalue weighted by Crippen LogP contribution is -1.93. The van der Waals surface area contributed by atoms with E-state index in [0.717, 1.165) is 6.07 Å². The summed E-state index contributed by atoms with van der Waals surface area (Å²) in [7, 11) is 1.43. The Labute approximate surface area is 80.5 Å². The lowest BCUT2D eigenvalue weighted by molar-refractivity contribution is 0.410. The molecule has 0 spiro atoms. The van der Waals surface area contributed by atoms with E-state index in [-0.39, 0.29) is 11.4 Å². The van der Waals surface area contributed by atoms with E-state index in [1.54, 1.807) is 0 Å². The van der Waals surface area contributed by atoms with Crippen LogP contribution in [-0.4, -0.2) is 7.11 Å². The van der Waals surface area contributed by atoms with Crippen LogP contribution < -0.4 is 4.74 Å². The Morgan fingerprint density at radius 3 is 2.85 bits per heavy atom. The van der Waals surface area contributed by atoms with Crippen LogP contribution in [0.15, 0.2) is 12.1 Å². The average molecular weight is 200 g/mol. The van der Waals surface area contributed by atoms with Crippen molar-refractivity contribution in [2.24, 2.45) is 0 Å². The van der Waals surface area contributed by atoms with Gasteiger partial charge in [0.1, 0.15) is 11.6 Å². The van der Waals surface area contributed by atoms with Crippen molar-refractivity contribution in [2.45, 2.75) is 6.42 Å². The molecule has 4 heteroatoms. The number of halogens is 2. The molecule has 0 N–H and O–H groups in total. The smallest absolute Gasteiger partial charge is 0.141 e. The Hall–Kier alpha value is -1.27. The summed E-state index contributed by atoms with van der Waals surface area (Å²) in [6.07, 6.45) is 0.0840. The number of hydrogen-bond acceptors (Lipinski definition) is 2. The van der Waals surface area contributed by atoms with Gasteiger partial charge in [0.15, 0.2) is 0 Å². The normalized spacial score (nSPS) is 9.38. The first kappa shape index (κ1) is 9.82. The minimum Gasteiger partial charge on any atom is -0.495 e. The van der Waals surface area contributed by atoms with E-state index >= 15 is 0 Å². The van der Waals surface area contributed by atoms with Gasteiger partial charge < -0.3 is 4.74 Å². The molecule has 0 bridgehead atoms. The van der Waals surface area contributed by atoms with E-state index in [1.165, 1.54) is 13.2 Å². The van der Waals surface area contributed by atoms with Crippen molar-refractivity contribution in [1.29, 1.82) is 5.26 Å². The van der Waals surface area contributed by atoms with Crippen molar-refractivity contribution >= 4 is 11.6 Å². The van der Waals surface area contributed by atoms with Crippen molar-refractivity contribution < 1.29 is 9.13 Å². The van der Waals surface area contributed by atoms with Crippen LogP contribution in [0.3, 0.4) is 0 Å². The van der Waals surface area contributed by atoms with Crippen molar-refractivity contribution in [2.75, 3.05) is 7.11 Å². The summed E-state index contributed by atoms with van der Waals surface area (Å²) in [6, 6.07) is 4.31. The number of nitrogens with zero attached hydrogens (tertiary/aromatic N) is 1. The fourth-order valence-corrected chi connectivity index (χ4v) is 1.36. The zero-order chi connectivity index (χ0) is 9.84. The first-order valence-corrected chi connectivity index (χ1v) is 3.95. The Morgan fingerprint density at radius 1 is 1.62 bits per heavy atom. The van der Waals surface area contributed by atoms with E-state index in [9.17, 15) is 4.39 Å². The number of benzene rings is 1. The highest BCUT2D eigenvalue weighted by molar-refractivity contribution is 6.32. The molecule has 0 atom stereocenters. The molecule has 0 fully saturated rings. The lowest BCUT2D eigenvalue weighted by atomic mass is 10.1. The monoisotopic (exact) mass is 199 g/mol. The third kappa shape index (κ3) is 2.10. The third-order valence-corrected chi connectivity index (χ3v) is 1.84. The molecule has 1 aromatic rings. The standard InChI is InChI=1S/C9H7ClFNO/c1-13-9-6(2-3-12)4-7(11)5-8(9)10/h4-5H,2H2,1H3. The lowest BCUT2D eigenvalue weighted by Gasteiger charge is -2.07. The van der Waals surface area contributed by atoms with Crippen LogP contribution in [0.4, 0.5) is 4.39 Å². The predicted molar refractivity (Wildman–Crippen MR) is 47.3 cm³/mol. The maximum atomic E-state index is 12.8. The molecule has 0 saturated carbocycles. The summed E-state index contributed by atoms with van der Waals surface area (Å²) in [5.41, 5.74) is 0.468. The van der Waals surface area contributed by atoms with Gasteiger partial charge in [0.05, 0.1) is 24.6 Å². The zero-order valence-electron chi connectivity index (χ0n) is 6.97. The van der Waals surface area contributed by atoms with Gasteiger partial charge in [0.2, 0.25) is 0 Å². The minimum absolute atomic E-state index is 0.0840. The topological polar surface area (TPSA) is 33.0 Å². The molecule has 1 aromatic carbocycles. The van der Waals surface area contributed by atoms with Gasteiger partial charge >= 0.3 is 0 Å². The van der Waals surface area contributed by atoms with Crippen molar-refractivity contribution in [1.82, 2.24) is 0 Å². The summed E-state index contributed by atoms with van der Waals surface area (Å²) in [5.74, 6) is -0.0966. The fourth-order valence-electron chi connectivity index (χ4n) is 1.06. The molecule has 0 amide bonds. The van der Waals surface area contributed by atoms with Gasteiger partial charge in [-0.1, -0.05) is 11.6 Å². The molecule has 1 rings (SSSR count). The van der Waals surface area contributed by atoms with Crippen LogP contribution >= 0.6 is 11.6 Å². The molecule has 0 radical (unpaired) electrons. The van der Waals surface area contributed by atoms with Crippen molar-refractivity contribution in [3.8, 4) is 11.8 Å². The molecular formula is C9H7ClFNO. The number of nitriles is 1. The van der Waals surface area contributed by atoms with Gasteiger partial charge in [0.25, 0.3) is 0 Å². The van der Waals surface area contributed by atoms with Crippen LogP contribution in [0.25, 0.3) is 0 Å². The molecule has 0 heterocycles. The van der Waals surface area contributed by atoms with Gasteiger partial charge in [-0.15, -0.1) is 0 Å². The highest BCUT2D eigenvalue weighted by Gasteiger charge is 2.09. The van der Waals surface area contributed by atoms with Crippen molar-refractivity contribution in [3.63, 3.8) is 0 Å². The quantitative estimate of drug-likeness (QED) is 0.734. The number of hydrogen-bond donors (Lipinski definition) is 0. The largest absolute Gasteiger partial charge is 0.495 e. The second-order valence-corrected chi connectivity index (χ2v) is 2.82. The summed E-state index contributed by atoms with van der Waals surface area (Å²) in [6.45, 7) is 0. The highest BCUT2D eigenvalue weighted by atomic mass is 35.5. The predicted octanol–water partition coefficient (Wildman–Crippen LogP) is 2.55. The third-order valence-electron chi connectivity index (χ3n) is 1.56. The molecule has 0 aromatic heterocycles. The summed E-state index contributed by atoms with van der Waals surface area (Å²) in [4.78, 5) is 0. The van der Waals surface area contributed by atoms with Crippen LogP contribution in [-0.2, 0) is 6.42 Å². The van der Waals surface area contributed by atoms with E-state index in [1.807, 2.05) is 6.07 Å². The Morgan fingerprint density at radius 2 is 2.31 bits per heavy atom. The second-order valence-electron chi connectivity index (χ2n) is 2.41. The van der Waals surface area contributed by atoms with E-state index in [2.05, 4.69) is 0 Å². The van der Waals surface area contributed by atoms with E-state index in [0.29, 0.717) is 11.3 Å². The van der Waals surface area contributed by atoms with Crippen LogP contribution in [0, 0.1) is 17.1 Å². The molecular weight excluding hydrogens is 193 g/mol. The van der Waals surface area contributed by atoms with Gasteiger partial charge in [-0.3, -0.25) is 0 Å². The summed E-state index contributed by atoms with van der Waals surface area (Å²) < 4.78 is 17.8. The van der Waals surface area contributed by atoms with Crippen molar-refractivity contribution in [3.05, 3.63) is 28.5 Å². The highest BCUT2D eigenvalue weighted by Crippen LogP contribution is 2.29. The van der Waals surface area contributed by atoms with Gasteiger partial charge in [-0.05, 0) is 12.1 Å². The minimum atomic E-state index is -0.462. The number of rotatable bonds is 2. The van der Waals surface area contributed by atoms with Gasteiger partial charge in [-0.25, -0.2) is 4.39 Å². The maximum absolute atomic E-state index is 12.8. The SMILES string of the molecule is COc1c(Cl)cc(F)cc1CC#N. The number of ether oxygens (including phenoxy) is 1. The maximum Gasteiger partial charge on any atom is 0.141 e. The molecule has 2 nitrogen and oxygen atoms in total. The second kappa shape index (κ2) is 4.11. The molecule has 0 saturated heterocycles. The van der Waals surface area contributed by atoms with Gasteiger partial charge in [-0.2, -0.15) is 5.26 Å². The molecule has 0 aliphatic heterocycles. The van der Waals surface area contributed by atoms with Crippen LogP contribution in [0.2, 0.25) is 5.02 Å². The molecule has 0 unspecified atom stereocenters. The average Bonchev–Trinajstić information content (AvgIpc) is 2.04. The zero-order valence-corrected chi connectivity index (χ0v) is 7.73. The molecule has 13 heavy (non-hydrogen) atoms. The Bertz CT molecular complexity index is 359. The van der Waals surface area contributed by atoms with Crippen LogP contribution in [0.5, 0.6) is 5.75 Å². The first-order chi connectivity index (χ1) is 6.19. The summed E-state index contributed by atoms with van der Waals surface area (Å²) in [5, 5.41) is 8.64. The van der Waals surface area contributed by atoms with Gasteiger partial charge in [0, 0.05) is 5.56 Å². The summed E-state index contributed by atoms with van der Waals surface area (Å²) >= 11 is 5.70. The molecule has 0 aliphatic rings. The van der Waals surface area contributed by atoms with Crippen LogP contribution in [0.1, 0.15) is 5.56 Å². The first-order valence-electron chi connectivity index (χ1n) is 3.58. The Balaban J connectivity index is 3.23. The molecule has 68 valence electrons. The fraction of sp³-hybridized carbons (Fsp3) is 0.222. The number of methoxy groups -OCH3 is 1.